The fourth-order valence-electron chi connectivity index (χ4n) is 4.76. The molecule has 98 valence electrons. The first-order chi connectivity index (χ1) is 8.81. The van der Waals surface area contributed by atoms with Crippen LogP contribution < -0.4 is 0 Å². The van der Waals surface area contributed by atoms with Crippen LogP contribution in [0.25, 0.3) is 0 Å². The summed E-state index contributed by atoms with van der Waals surface area (Å²) in [6.45, 7) is 3.73. The zero-order valence-corrected chi connectivity index (χ0v) is 10.9. The number of piperidine rings is 3. The molecule has 2 bridgehead atoms. The van der Waals surface area contributed by atoms with E-state index >= 15 is 0 Å². The lowest BCUT2D eigenvalue weighted by molar-refractivity contribution is -0.119. The van der Waals surface area contributed by atoms with E-state index in [1.807, 2.05) is 0 Å². The first-order valence-electron chi connectivity index (χ1n) is 7.52. The van der Waals surface area contributed by atoms with E-state index in [-0.39, 0.29) is 0 Å². The van der Waals surface area contributed by atoms with Crippen molar-refractivity contribution in [2.75, 3.05) is 19.6 Å². The van der Waals surface area contributed by atoms with E-state index in [4.69, 9.17) is 0 Å². The third-order valence-corrected chi connectivity index (χ3v) is 5.56. The van der Waals surface area contributed by atoms with Gasteiger partial charge >= 0.3 is 0 Å². The molecule has 4 atom stereocenters. The molecule has 0 unspecified atom stereocenters. The largest absolute Gasteiger partial charge is 0.373 e. The van der Waals surface area contributed by atoms with E-state index in [0.29, 0.717) is 11.8 Å². The summed E-state index contributed by atoms with van der Waals surface area (Å²) < 4.78 is 0. The normalized spacial score (nSPS) is 43.6. The third kappa shape index (κ3) is 1.63. The summed E-state index contributed by atoms with van der Waals surface area (Å²) in [5.41, 5.74) is 0. The molecule has 3 heteroatoms. The Bertz CT molecular complexity index is 392. The van der Waals surface area contributed by atoms with Gasteiger partial charge in [-0.05, 0) is 43.7 Å². The maximum absolute atomic E-state index is 11.6. The van der Waals surface area contributed by atoms with Crippen molar-refractivity contribution >= 4 is 5.78 Å². The highest BCUT2D eigenvalue weighted by Gasteiger charge is 2.46. The third-order valence-electron chi connectivity index (χ3n) is 5.56. The maximum Gasteiger partial charge on any atom is 0.159 e. The van der Waals surface area contributed by atoms with Crippen LogP contribution in [0.3, 0.4) is 0 Å². The number of carbonyl (C=O) groups is 1. The average Bonchev–Trinajstić information content (AvgIpc) is 2.40. The van der Waals surface area contributed by atoms with E-state index in [1.165, 1.54) is 45.3 Å². The summed E-state index contributed by atoms with van der Waals surface area (Å²) in [4.78, 5) is 16.9. The predicted octanol–water partition coefficient (Wildman–Crippen LogP) is 1.65. The highest BCUT2D eigenvalue weighted by Crippen LogP contribution is 2.41. The van der Waals surface area contributed by atoms with Gasteiger partial charge in [0.15, 0.2) is 5.78 Å². The van der Waals surface area contributed by atoms with Crippen LogP contribution in [0.15, 0.2) is 12.3 Å². The molecule has 0 amide bonds. The Morgan fingerprint density at radius 3 is 2.94 bits per heavy atom. The molecule has 4 aliphatic rings. The zero-order chi connectivity index (χ0) is 12.1. The highest BCUT2D eigenvalue weighted by molar-refractivity contribution is 5.90. The number of nitrogens with zero attached hydrogens (tertiary/aromatic N) is 2. The summed E-state index contributed by atoms with van der Waals surface area (Å²) in [6, 6.07) is 1.34. The van der Waals surface area contributed by atoms with Crippen LogP contribution in [0.1, 0.15) is 32.1 Å². The Hall–Kier alpha value is -0.830. The minimum absolute atomic E-state index is 0.329. The molecule has 3 saturated heterocycles. The Labute approximate surface area is 109 Å². The van der Waals surface area contributed by atoms with E-state index in [2.05, 4.69) is 16.0 Å². The highest BCUT2D eigenvalue weighted by atomic mass is 16.1. The number of hydrogen-bond acceptors (Lipinski definition) is 3. The molecule has 0 aromatic heterocycles. The second-order valence-electron chi connectivity index (χ2n) is 6.56. The van der Waals surface area contributed by atoms with Gasteiger partial charge in [-0.25, -0.2) is 0 Å². The maximum atomic E-state index is 11.6. The van der Waals surface area contributed by atoms with Crippen molar-refractivity contribution < 1.29 is 4.79 Å². The van der Waals surface area contributed by atoms with Crippen molar-refractivity contribution in [1.29, 1.82) is 0 Å². The van der Waals surface area contributed by atoms with Gasteiger partial charge in [0.1, 0.15) is 0 Å². The Morgan fingerprint density at radius 2 is 2.00 bits per heavy atom. The zero-order valence-electron chi connectivity index (χ0n) is 10.9. The smallest absolute Gasteiger partial charge is 0.159 e. The van der Waals surface area contributed by atoms with Gasteiger partial charge in [0.05, 0.1) is 0 Å². The summed E-state index contributed by atoms with van der Waals surface area (Å²) in [7, 11) is 0. The molecular weight excluding hydrogens is 224 g/mol. The number of allylic oxidation sites excluding steroid dienone is 1. The minimum atomic E-state index is 0.329. The summed E-state index contributed by atoms with van der Waals surface area (Å²) >= 11 is 0. The Kier molecular flexibility index (Phi) is 2.51. The minimum Gasteiger partial charge on any atom is -0.373 e. The van der Waals surface area contributed by atoms with E-state index in [0.717, 1.165) is 24.3 Å². The van der Waals surface area contributed by atoms with Crippen molar-refractivity contribution in [2.24, 2.45) is 11.8 Å². The predicted molar refractivity (Wildman–Crippen MR) is 70.1 cm³/mol. The topological polar surface area (TPSA) is 23.6 Å². The van der Waals surface area contributed by atoms with Gasteiger partial charge in [-0.15, -0.1) is 0 Å². The molecule has 4 rings (SSSR count). The molecule has 0 N–H and O–H groups in total. The van der Waals surface area contributed by atoms with E-state index in [1.54, 1.807) is 6.08 Å². The first kappa shape index (κ1) is 11.0. The second kappa shape index (κ2) is 4.09. The summed E-state index contributed by atoms with van der Waals surface area (Å²) in [6.07, 6.45) is 10.2. The Morgan fingerprint density at radius 1 is 1.11 bits per heavy atom. The fourth-order valence-corrected chi connectivity index (χ4v) is 4.76. The van der Waals surface area contributed by atoms with Gasteiger partial charge in [0.25, 0.3) is 0 Å². The molecule has 3 fully saturated rings. The number of carbonyl (C=O) groups excluding carboxylic acids is 1. The molecule has 4 aliphatic heterocycles. The lowest BCUT2D eigenvalue weighted by atomic mass is 9.71. The van der Waals surface area contributed by atoms with Crippen LogP contribution >= 0.6 is 0 Å². The van der Waals surface area contributed by atoms with Crippen LogP contribution in [0.5, 0.6) is 0 Å². The van der Waals surface area contributed by atoms with Gasteiger partial charge in [-0.3, -0.25) is 9.69 Å². The number of fused-ring (bicyclic) bond motifs is 6. The van der Waals surface area contributed by atoms with Crippen LogP contribution in [0.4, 0.5) is 0 Å². The molecule has 0 aromatic carbocycles. The molecule has 0 saturated carbocycles. The average molecular weight is 246 g/mol. The number of rotatable bonds is 0. The second-order valence-corrected chi connectivity index (χ2v) is 6.56. The van der Waals surface area contributed by atoms with Gasteiger partial charge in [-0.1, -0.05) is 6.42 Å². The number of hydrogen-bond donors (Lipinski definition) is 0. The van der Waals surface area contributed by atoms with E-state index in [9.17, 15) is 4.79 Å². The number of ketones is 1. The van der Waals surface area contributed by atoms with Gasteiger partial charge in [0.2, 0.25) is 0 Å². The lowest BCUT2D eigenvalue weighted by Crippen LogP contribution is -2.62. The molecule has 18 heavy (non-hydrogen) atoms. The quantitative estimate of drug-likeness (QED) is 0.649. The standard InChI is InChI=1S/C15H22N2O/c18-13-4-6-17-9-11-7-12(15(17)8-13)10-16-5-2-1-3-14(11)16/h4,6,11-12,14-15H,1-3,5,7-10H2/t11-,12+,14-,15+/m0/s1. The summed E-state index contributed by atoms with van der Waals surface area (Å²) in [5, 5.41) is 0. The van der Waals surface area contributed by atoms with Crippen molar-refractivity contribution in [3.05, 3.63) is 12.3 Å². The molecule has 3 nitrogen and oxygen atoms in total. The Balaban J connectivity index is 1.60. The molecule has 0 aromatic rings. The monoisotopic (exact) mass is 246 g/mol. The van der Waals surface area contributed by atoms with Crippen LogP contribution in [-0.4, -0.2) is 47.3 Å². The van der Waals surface area contributed by atoms with E-state index < -0.39 is 0 Å². The van der Waals surface area contributed by atoms with Gasteiger partial charge in [0, 0.05) is 37.8 Å². The van der Waals surface area contributed by atoms with Crippen molar-refractivity contribution in [2.45, 2.75) is 44.2 Å². The van der Waals surface area contributed by atoms with Crippen LogP contribution in [0.2, 0.25) is 0 Å². The lowest BCUT2D eigenvalue weighted by Gasteiger charge is -2.56. The first-order valence-corrected chi connectivity index (χ1v) is 7.52. The van der Waals surface area contributed by atoms with Crippen molar-refractivity contribution in [3.8, 4) is 0 Å². The van der Waals surface area contributed by atoms with Gasteiger partial charge < -0.3 is 4.90 Å². The molecule has 0 spiro atoms. The molecule has 0 radical (unpaired) electrons. The van der Waals surface area contributed by atoms with Crippen molar-refractivity contribution in [3.63, 3.8) is 0 Å². The van der Waals surface area contributed by atoms with Crippen LogP contribution in [0, 0.1) is 11.8 Å². The summed E-state index contributed by atoms with van der Waals surface area (Å²) in [5.74, 6) is 1.90. The van der Waals surface area contributed by atoms with Crippen LogP contribution in [-0.2, 0) is 4.79 Å². The van der Waals surface area contributed by atoms with Gasteiger partial charge in [-0.2, -0.15) is 0 Å². The fraction of sp³-hybridized carbons (Fsp3) is 0.800. The molecule has 4 heterocycles. The molecule has 0 aliphatic carbocycles. The molecular formula is C15H22N2O. The van der Waals surface area contributed by atoms with Crippen molar-refractivity contribution in [1.82, 2.24) is 9.80 Å². The SMILES string of the molecule is O=C1C=CN2C[C@@H]3C[C@H](CN4CCCC[C@@H]34)[C@H]2C1.